The molecule has 0 saturated carbocycles. The van der Waals surface area contributed by atoms with E-state index in [4.69, 9.17) is 27.9 Å². The van der Waals surface area contributed by atoms with Crippen LogP contribution in [-0.2, 0) is 14.8 Å². The summed E-state index contributed by atoms with van der Waals surface area (Å²) in [5.74, 6) is 0.613. The lowest BCUT2D eigenvalue weighted by molar-refractivity contribution is -0.121. The van der Waals surface area contributed by atoms with Gasteiger partial charge in [0.1, 0.15) is 18.4 Å². The molecule has 0 fully saturated rings. The third-order valence-electron chi connectivity index (χ3n) is 4.39. The van der Waals surface area contributed by atoms with E-state index in [0.29, 0.717) is 5.92 Å². The van der Waals surface area contributed by atoms with Gasteiger partial charge in [0.25, 0.3) is 0 Å². The molecule has 1 atom stereocenters. The second-order valence-corrected chi connectivity index (χ2v) is 9.93. The molecule has 0 saturated heterocycles. The first kappa shape index (κ1) is 24.3. The summed E-state index contributed by atoms with van der Waals surface area (Å²) in [5, 5.41) is 3.27. The maximum atomic E-state index is 12.6. The molecule has 0 spiro atoms. The van der Waals surface area contributed by atoms with Crippen molar-refractivity contribution in [2.75, 3.05) is 23.7 Å². The van der Waals surface area contributed by atoms with E-state index >= 15 is 0 Å². The fourth-order valence-electron chi connectivity index (χ4n) is 3.05. The van der Waals surface area contributed by atoms with Gasteiger partial charge in [0, 0.05) is 10.0 Å². The van der Waals surface area contributed by atoms with E-state index in [1.54, 1.807) is 0 Å². The molecule has 0 aromatic heterocycles. The summed E-state index contributed by atoms with van der Waals surface area (Å²) >= 11 is 12.0. The smallest absolute Gasteiger partial charge is 0.243 e. The summed E-state index contributed by atoms with van der Waals surface area (Å²) in [5.41, 5.74) is 1.30. The largest absolute Gasteiger partial charge is 0.491 e. The Balaban J connectivity index is 2.04. The van der Waals surface area contributed by atoms with Crippen LogP contribution in [0, 0.1) is 0 Å². The van der Waals surface area contributed by atoms with Gasteiger partial charge in [-0.15, -0.1) is 0 Å². The summed E-state index contributed by atoms with van der Waals surface area (Å²) < 4.78 is 31.5. The van der Waals surface area contributed by atoms with E-state index in [1.807, 2.05) is 24.3 Å². The molecule has 2 rings (SSSR count). The molecule has 6 nitrogen and oxygen atoms in total. The van der Waals surface area contributed by atoms with Crippen molar-refractivity contribution in [3.63, 3.8) is 0 Å². The highest BCUT2D eigenvalue weighted by atomic mass is 35.5. The molecular weight excluding hydrogens is 447 g/mol. The fourth-order valence-corrected chi connectivity index (χ4v) is 4.72. The number of carbonyl (C=O) groups excluding carboxylic acids is 1. The van der Waals surface area contributed by atoms with Crippen LogP contribution in [0.4, 0.5) is 5.69 Å². The number of rotatable bonds is 9. The molecule has 0 bridgehead atoms. The number of sulfonamides is 1. The van der Waals surface area contributed by atoms with E-state index in [0.717, 1.165) is 21.9 Å². The molecule has 164 valence electrons. The zero-order valence-corrected chi connectivity index (χ0v) is 19.7. The number of para-hydroxylation sites is 1. The zero-order valence-electron chi connectivity index (χ0n) is 17.4. The second-order valence-electron chi connectivity index (χ2n) is 7.19. The Morgan fingerprint density at radius 2 is 1.70 bits per heavy atom. The first-order valence-corrected chi connectivity index (χ1v) is 12.1. The van der Waals surface area contributed by atoms with E-state index < -0.39 is 22.0 Å². The van der Waals surface area contributed by atoms with Crippen molar-refractivity contribution in [2.24, 2.45) is 0 Å². The molecule has 9 heteroatoms. The Morgan fingerprint density at radius 1 is 1.10 bits per heavy atom. The van der Waals surface area contributed by atoms with Crippen molar-refractivity contribution in [1.82, 2.24) is 5.32 Å². The van der Waals surface area contributed by atoms with Crippen molar-refractivity contribution in [1.29, 1.82) is 0 Å². The predicted molar refractivity (Wildman–Crippen MR) is 122 cm³/mol. The molecule has 0 aliphatic heterocycles. The first-order chi connectivity index (χ1) is 14.0. The van der Waals surface area contributed by atoms with E-state index in [-0.39, 0.29) is 28.9 Å². The van der Waals surface area contributed by atoms with Crippen molar-refractivity contribution < 1.29 is 17.9 Å². The lowest BCUT2D eigenvalue weighted by Gasteiger charge is -2.28. The third kappa shape index (κ3) is 6.52. The number of anilines is 1. The molecule has 1 amide bonds. The zero-order chi connectivity index (χ0) is 22.5. The molecule has 2 aromatic carbocycles. The minimum Gasteiger partial charge on any atom is -0.491 e. The number of nitrogens with one attached hydrogen (secondary N) is 1. The normalized spacial score (nSPS) is 12.5. The number of carbonyl (C=O) groups is 1. The van der Waals surface area contributed by atoms with Gasteiger partial charge in [-0.3, -0.25) is 9.10 Å². The average Bonchev–Trinajstić information content (AvgIpc) is 2.63. The molecule has 0 heterocycles. The summed E-state index contributed by atoms with van der Waals surface area (Å²) in [4.78, 5) is 12.6. The van der Waals surface area contributed by atoms with Gasteiger partial charge in [0.05, 0.1) is 18.5 Å². The highest BCUT2D eigenvalue weighted by Crippen LogP contribution is 2.29. The maximum absolute atomic E-state index is 12.6. The fraction of sp³-hybridized carbons (Fsp3) is 0.381. The lowest BCUT2D eigenvalue weighted by atomic mass is 10.0. The molecule has 2 aromatic rings. The molecule has 0 aliphatic rings. The van der Waals surface area contributed by atoms with E-state index in [9.17, 15) is 13.2 Å². The van der Waals surface area contributed by atoms with Crippen LogP contribution in [-0.4, -0.2) is 39.8 Å². The van der Waals surface area contributed by atoms with Gasteiger partial charge >= 0.3 is 0 Å². The summed E-state index contributed by atoms with van der Waals surface area (Å²) in [7, 11) is -3.76. The van der Waals surface area contributed by atoms with Gasteiger partial charge in [-0.2, -0.15) is 0 Å². The number of ether oxygens (including phenoxy) is 1. The molecule has 1 N–H and O–H groups in total. The molecule has 0 unspecified atom stereocenters. The Bertz CT molecular complexity index is 976. The van der Waals surface area contributed by atoms with E-state index in [1.165, 1.54) is 25.1 Å². The lowest BCUT2D eigenvalue weighted by Crippen LogP contribution is -2.48. The topological polar surface area (TPSA) is 75.7 Å². The van der Waals surface area contributed by atoms with Gasteiger partial charge in [-0.25, -0.2) is 8.42 Å². The highest BCUT2D eigenvalue weighted by Gasteiger charge is 2.29. The van der Waals surface area contributed by atoms with Crippen LogP contribution in [0.15, 0.2) is 42.5 Å². The van der Waals surface area contributed by atoms with Gasteiger partial charge in [0.2, 0.25) is 15.9 Å². The van der Waals surface area contributed by atoms with Crippen molar-refractivity contribution in [2.45, 2.75) is 32.7 Å². The highest BCUT2D eigenvalue weighted by molar-refractivity contribution is 7.92. The summed E-state index contributed by atoms with van der Waals surface area (Å²) in [6, 6.07) is 11.1. The first-order valence-electron chi connectivity index (χ1n) is 9.45. The Labute approximate surface area is 188 Å². The van der Waals surface area contributed by atoms with Crippen molar-refractivity contribution in [3.05, 3.63) is 58.1 Å². The van der Waals surface area contributed by atoms with Crippen LogP contribution in [0.25, 0.3) is 0 Å². The Kier molecular flexibility index (Phi) is 8.41. The molecule has 0 aliphatic carbocycles. The maximum Gasteiger partial charge on any atom is 0.243 e. The van der Waals surface area contributed by atoms with Crippen LogP contribution < -0.4 is 14.4 Å². The molecule has 0 radical (unpaired) electrons. The van der Waals surface area contributed by atoms with Crippen LogP contribution in [0.2, 0.25) is 10.0 Å². The van der Waals surface area contributed by atoms with Crippen LogP contribution in [0.3, 0.4) is 0 Å². The number of halogens is 2. The van der Waals surface area contributed by atoms with Gasteiger partial charge < -0.3 is 10.1 Å². The molecule has 30 heavy (non-hydrogen) atoms. The van der Waals surface area contributed by atoms with Crippen molar-refractivity contribution in [3.8, 4) is 5.75 Å². The van der Waals surface area contributed by atoms with E-state index in [2.05, 4.69) is 19.2 Å². The SMILES string of the molecule is CC(C)c1ccccc1OCCNC(=O)[C@H](C)N(c1cc(Cl)cc(Cl)c1)S(C)(=O)=O. The molecular formula is C21H26Cl2N2O4S. The summed E-state index contributed by atoms with van der Waals surface area (Å²) in [6.45, 7) is 6.13. The van der Waals surface area contributed by atoms with Gasteiger partial charge in [-0.1, -0.05) is 55.2 Å². The minimum atomic E-state index is -3.76. The second kappa shape index (κ2) is 10.4. The monoisotopic (exact) mass is 472 g/mol. The third-order valence-corrected chi connectivity index (χ3v) is 6.07. The van der Waals surface area contributed by atoms with Crippen molar-refractivity contribution >= 4 is 44.8 Å². The summed E-state index contributed by atoms with van der Waals surface area (Å²) in [6.07, 6.45) is 1.03. The van der Waals surface area contributed by atoms with Crippen LogP contribution in [0.1, 0.15) is 32.3 Å². The number of nitrogens with zero attached hydrogens (tertiary/aromatic N) is 1. The van der Waals surface area contributed by atoms with Crippen LogP contribution in [0.5, 0.6) is 5.75 Å². The number of benzene rings is 2. The van der Waals surface area contributed by atoms with Crippen LogP contribution >= 0.6 is 23.2 Å². The Morgan fingerprint density at radius 3 is 2.27 bits per heavy atom. The predicted octanol–water partition coefficient (Wildman–Crippen LogP) is 4.47. The van der Waals surface area contributed by atoms with Gasteiger partial charge in [0.15, 0.2) is 0 Å². The average molecular weight is 473 g/mol. The number of hydrogen-bond donors (Lipinski definition) is 1. The number of amides is 1. The quantitative estimate of drug-likeness (QED) is 0.546. The van der Waals surface area contributed by atoms with Gasteiger partial charge in [-0.05, 0) is 42.7 Å². The number of hydrogen-bond acceptors (Lipinski definition) is 4. The standard InChI is InChI=1S/C21H26Cl2N2O4S/c1-14(2)19-7-5-6-8-20(19)29-10-9-24-21(26)15(3)25(30(4,27)28)18-12-16(22)11-17(23)13-18/h5-8,11-15H,9-10H2,1-4H3,(H,24,26)/t15-/m0/s1. The Hall–Kier alpha value is -1.96. The minimum absolute atomic E-state index is 0.222.